The summed E-state index contributed by atoms with van der Waals surface area (Å²) in [6, 6.07) is 0. The van der Waals surface area contributed by atoms with Gasteiger partial charge in [0.2, 0.25) is 11.9 Å². The summed E-state index contributed by atoms with van der Waals surface area (Å²) in [5, 5.41) is 13.6. The molecule has 0 spiro atoms. The molecule has 2 aromatic heterocycles. The Bertz CT molecular complexity index is 1290. The first kappa shape index (κ1) is 28.1. The van der Waals surface area contributed by atoms with Crippen molar-refractivity contribution in [3.05, 3.63) is 29.0 Å². The van der Waals surface area contributed by atoms with Crippen molar-refractivity contribution in [3.8, 4) is 0 Å². The molecular weight excluding hydrogens is 526 g/mol. The molecule has 0 saturated carbocycles. The number of rotatable bonds is 11. The van der Waals surface area contributed by atoms with Crippen LogP contribution in [-0.2, 0) is 27.5 Å². The molecule has 1 saturated heterocycles. The number of ether oxygens (including phenoxy) is 1. The molecule has 19 heteroatoms. The van der Waals surface area contributed by atoms with Crippen LogP contribution in [0, 0.1) is 5.92 Å². The van der Waals surface area contributed by atoms with Gasteiger partial charge in [-0.2, -0.15) is 9.29 Å². The van der Waals surface area contributed by atoms with Gasteiger partial charge in [0.1, 0.15) is 6.10 Å². The summed E-state index contributed by atoms with van der Waals surface area (Å²) in [5.74, 6) is -1.78. The van der Waals surface area contributed by atoms with Crippen molar-refractivity contribution < 1.29 is 47.3 Å². The number of aliphatic hydroxyl groups excluding tert-OH is 1. The molecule has 1 aliphatic rings. The lowest BCUT2D eigenvalue weighted by molar-refractivity contribution is -0.120. The fourth-order valence-corrected chi connectivity index (χ4v) is 5.26. The summed E-state index contributed by atoms with van der Waals surface area (Å²) in [4.78, 5) is 61.8. The number of carbonyl (C=O) groups excluding carboxylic acids is 1. The van der Waals surface area contributed by atoms with Gasteiger partial charge in [0.05, 0.1) is 25.0 Å². The van der Waals surface area contributed by atoms with Crippen molar-refractivity contribution >= 4 is 38.7 Å². The zero-order valence-electron chi connectivity index (χ0n) is 18.9. The molecule has 1 fully saturated rings. The number of aliphatic hydroxyl groups is 1. The van der Waals surface area contributed by atoms with Crippen LogP contribution >= 0.6 is 15.6 Å². The molecule has 1 amide bonds. The molecule has 0 radical (unpaired) electrons. The van der Waals surface area contributed by atoms with Crippen molar-refractivity contribution in [1.82, 2.24) is 24.8 Å². The highest BCUT2D eigenvalue weighted by atomic mass is 31.3. The van der Waals surface area contributed by atoms with Crippen LogP contribution in [0.4, 0.5) is 5.95 Å². The Morgan fingerprint density at radius 3 is 2.72 bits per heavy atom. The molecule has 0 bridgehead atoms. The predicted molar refractivity (Wildman–Crippen MR) is 122 cm³/mol. The SMILES string of the molecule is C=C(NC(=O)CCCC)[C@H]1[C@@H](O)[C@H](n2cnc3c(=O)[nH]c(N)nc32)O[C@@H]1COP(=O)(O)OP(=O)(O)O. The molecule has 200 valence electrons. The van der Waals surface area contributed by atoms with Crippen LogP contribution in [0.3, 0.4) is 0 Å². The number of H-pyrrole nitrogens is 1. The number of nitrogens with zero attached hydrogens (tertiary/aromatic N) is 3. The number of nitrogens with two attached hydrogens (primary N) is 1. The van der Waals surface area contributed by atoms with E-state index >= 15 is 0 Å². The van der Waals surface area contributed by atoms with Crippen molar-refractivity contribution in [3.63, 3.8) is 0 Å². The second-order valence-electron chi connectivity index (χ2n) is 7.87. The fourth-order valence-electron chi connectivity index (χ4n) is 3.66. The minimum absolute atomic E-state index is 0.0156. The van der Waals surface area contributed by atoms with E-state index in [1.54, 1.807) is 0 Å². The molecule has 3 rings (SSSR count). The first-order valence-electron chi connectivity index (χ1n) is 10.5. The molecule has 1 aliphatic heterocycles. The molecule has 5 atom stereocenters. The molecular formula is C17H26N6O11P2. The maximum atomic E-state index is 12.2. The summed E-state index contributed by atoms with van der Waals surface area (Å²) in [6.07, 6.45) is -1.43. The van der Waals surface area contributed by atoms with Gasteiger partial charge in [-0.05, 0) is 6.42 Å². The van der Waals surface area contributed by atoms with E-state index in [4.69, 9.17) is 20.3 Å². The van der Waals surface area contributed by atoms with Crippen LogP contribution in [0.1, 0.15) is 32.4 Å². The number of nitrogens with one attached hydrogen (secondary N) is 2. The van der Waals surface area contributed by atoms with Gasteiger partial charge in [0, 0.05) is 12.1 Å². The molecule has 8 N–H and O–H groups in total. The van der Waals surface area contributed by atoms with Crippen molar-refractivity contribution in [2.45, 2.75) is 44.6 Å². The number of phosphoric ester groups is 1. The van der Waals surface area contributed by atoms with E-state index in [0.29, 0.717) is 6.42 Å². The van der Waals surface area contributed by atoms with Gasteiger partial charge >= 0.3 is 15.6 Å². The van der Waals surface area contributed by atoms with E-state index in [-0.39, 0.29) is 29.2 Å². The molecule has 36 heavy (non-hydrogen) atoms. The van der Waals surface area contributed by atoms with E-state index in [1.807, 2.05) is 6.92 Å². The summed E-state index contributed by atoms with van der Waals surface area (Å²) in [5.41, 5.74) is 4.78. The van der Waals surface area contributed by atoms with E-state index in [1.165, 1.54) is 4.57 Å². The second-order valence-corrected chi connectivity index (χ2v) is 10.7. The van der Waals surface area contributed by atoms with Crippen LogP contribution in [0.25, 0.3) is 11.2 Å². The number of unbranched alkanes of at least 4 members (excludes halogenated alkanes) is 1. The predicted octanol–water partition coefficient (Wildman–Crippen LogP) is -0.377. The zero-order chi connectivity index (χ0) is 26.8. The van der Waals surface area contributed by atoms with Gasteiger partial charge < -0.3 is 35.6 Å². The van der Waals surface area contributed by atoms with E-state index in [9.17, 15) is 28.7 Å². The van der Waals surface area contributed by atoms with Crippen molar-refractivity contribution in [1.29, 1.82) is 0 Å². The van der Waals surface area contributed by atoms with Gasteiger partial charge in [-0.15, -0.1) is 0 Å². The van der Waals surface area contributed by atoms with E-state index in [0.717, 1.165) is 12.7 Å². The fraction of sp³-hybridized carbons (Fsp3) is 0.529. The van der Waals surface area contributed by atoms with Crippen LogP contribution < -0.4 is 16.6 Å². The average molecular weight is 552 g/mol. The topological polar surface area (TPSA) is 261 Å². The lowest BCUT2D eigenvalue weighted by atomic mass is 9.94. The zero-order valence-corrected chi connectivity index (χ0v) is 20.7. The lowest BCUT2D eigenvalue weighted by Crippen LogP contribution is -2.37. The molecule has 17 nitrogen and oxygen atoms in total. The minimum Gasteiger partial charge on any atom is -0.388 e. The van der Waals surface area contributed by atoms with Crippen LogP contribution in [-0.4, -0.2) is 64.0 Å². The van der Waals surface area contributed by atoms with E-state index in [2.05, 4.69) is 35.7 Å². The van der Waals surface area contributed by atoms with Crippen molar-refractivity contribution in [2.24, 2.45) is 5.92 Å². The molecule has 1 unspecified atom stereocenters. The summed E-state index contributed by atoms with van der Waals surface area (Å²) in [7, 11) is -10.6. The first-order valence-corrected chi connectivity index (χ1v) is 13.5. The Labute approximate surface area is 203 Å². The lowest BCUT2D eigenvalue weighted by Gasteiger charge is -2.23. The quantitative estimate of drug-likeness (QED) is 0.175. The highest BCUT2D eigenvalue weighted by Gasteiger charge is 2.48. The number of phosphoric acid groups is 2. The third kappa shape index (κ3) is 6.64. The molecule has 2 aromatic rings. The average Bonchev–Trinajstić information content (AvgIpc) is 3.29. The van der Waals surface area contributed by atoms with Crippen LogP contribution in [0.5, 0.6) is 0 Å². The number of hydrogen-bond acceptors (Lipinski definition) is 11. The summed E-state index contributed by atoms with van der Waals surface area (Å²) >= 11 is 0. The Balaban J connectivity index is 1.90. The number of carbonyl (C=O) groups is 1. The monoisotopic (exact) mass is 552 g/mol. The van der Waals surface area contributed by atoms with Crippen molar-refractivity contribution in [2.75, 3.05) is 12.3 Å². The molecule has 3 heterocycles. The van der Waals surface area contributed by atoms with Gasteiger partial charge in [-0.3, -0.25) is 23.7 Å². The van der Waals surface area contributed by atoms with Gasteiger partial charge in [-0.1, -0.05) is 19.9 Å². The smallest absolute Gasteiger partial charge is 0.388 e. The minimum atomic E-state index is -5.38. The Kier molecular flexibility index (Phi) is 8.50. The van der Waals surface area contributed by atoms with E-state index < -0.39 is 58.1 Å². The highest BCUT2D eigenvalue weighted by molar-refractivity contribution is 7.60. The highest BCUT2D eigenvalue weighted by Crippen LogP contribution is 2.58. The first-order chi connectivity index (χ1) is 16.7. The van der Waals surface area contributed by atoms with Gasteiger partial charge in [-0.25, -0.2) is 14.1 Å². The number of nitrogen functional groups attached to an aromatic ring is 1. The molecule has 0 aliphatic carbocycles. The number of hydrogen-bond donors (Lipinski definition) is 7. The number of amides is 1. The largest absolute Gasteiger partial charge is 0.481 e. The Morgan fingerprint density at radius 2 is 2.08 bits per heavy atom. The number of aromatic nitrogens is 4. The van der Waals surface area contributed by atoms with Gasteiger partial charge in [0.15, 0.2) is 17.4 Å². The Hall–Kier alpha value is -2.46. The summed E-state index contributed by atoms with van der Waals surface area (Å²) < 4.78 is 38.3. The Morgan fingerprint density at radius 1 is 1.39 bits per heavy atom. The number of fused-ring (bicyclic) bond motifs is 1. The van der Waals surface area contributed by atoms with Gasteiger partial charge in [0.25, 0.3) is 5.56 Å². The number of imidazole rings is 1. The maximum absolute atomic E-state index is 12.2. The maximum Gasteiger partial charge on any atom is 0.481 e. The van der Waals surface area contributed by atoms with Crippen LogP contribution in [0.2, 0.25) is 0 Å². The number of aromatic amines is 1. The third-order valence-corrected chi connectivity index (χ3v) is 7.32. The molecule has 0 aromatic carbocycles. The number of anilines is 1. The van der Waals surface area contributed by atoms with Crippen LogP contribution in [0.15, 0.2) is 23.4 Å². The third-order valence-electron chi connectivity index (χ3n) is 5.17. The normalized spacial score (nSPS) is 24.0. The second kappa shape index (κ2) is 10.9. The standard InChI is InChI=1S/C17H26N6O11P2/c1-3-4-5-10(24)20-8(2)11-9(6-32-36(30,31)34-35(27,28)29)33-16(13(11)25)23-7-19-12-14(23)21-17(18)22-15(12)26/h7,9,11,13,16,25H,2-6H2,1H3,(H,20,24)(H,30,31)(H2,27,28,29)(H3,18,21,22,26)/t9-,11-,13-,16-/m1/s1. The summed E-state index contributed by atoms with van der Waals surface area (Å²) in [6.45, 7) is 4.84.